The van der Waals surface area contributed by atoms with E-state index in [1.54, 1.807) is 12.2 Å². The second kappa shape index (κ2) is 4.57. The van der Waals surface area contributed by atoms with Gasteiger partial charge in [0.25, 0.3) is 0 Å². The summed E-state index contributed by atoms with van der Waals surface area (Å²) in [6.45, 7) is 1.52. The molecule has 4 atom stereocenters. The van der Waals surface area contributed by atoms with Gasteiger partial charge < -0.3 is 20.7 Å². The number of aliphatic hydroxyl groups is 2. The van der Waals surface area contributed by atoms with E-state index >= 15 is 0 Å². The standard InChI is InChI=1S/C9H16N4O4/c1-4-11-8(10)12-9(16)13(4)7-2-5(15)6(3-14)17-7/h4-7,14-15H,2-3H2,1H3,(H3,10,11,12,16)/p+1/t4-,5?,6-,7-/m1/s1. The van der Waals surface area contributed by atoms with Crippen molar-refractivity contribution in [1.29, 1.82) is 0 Å². The number of aliphatic hydroxyl groups excluding tert-OH is 2. The predicted molar refractivity (Wildman–Crippen MR) is 56.6 cm³/mol. The van der Waals surface area contributed by atoms with Crippen molar-refractivity contribution >= 4 is 12.0 Å². The third-order valence-electron chi connectivity index (χ3n) is 2.99. The summed E-state index contributed by atoms with van der Waals surface area (Å²) in [5, 5.41) is 20.2. The lowest BCUT2D eigenvalue weighted by atomic mass is 10.2. The molecule has 2 heterocycles. The average Bonchev–Trinajstić information content (AvgIpc) is 2.57. The SMILES string of the molecule is C[C@@H]1[NH2+]C(N)=NC(=O)N1[C@H]1CC(O)[C@@H](CO)O1. The number of carbonyl (C=O) groups is 1. The van der Waals surface area contributed by atoms with E-state index in [0.29, 0.717) is 0 Å². The van der Waals surface area contributed by atoms with Gasteiger partial charge in [0.1, 0.15) is 12.3 Å². The van der Waals surface area contributed by atoms with Crippen LogP contribution in [0.5, 0.6) is 0 Å². The van der Waals surface area contributed by atoms with Gasteiger partial charge in [-0.3, -0.25) is 5.32 Å². The summed E-state index contributed by atoms with van der Waals surface area (Å²) in [4.78, 5) is 16.8. The number of nitrogens with two attached hydrogens (primary N) is 2. The minimum absolute atomic E-state index is 0.191. The third-order valence-corrected chi connectivity index (χ3v) is 2.99. The van der Waals surface area contributed by atoms with Crippen LogP contribution in [0.25, 0.3) is 0 Å². The van der Waals surface area contributed by atoms with Crippen molar-refractivity contribution in [2.24, 2.45) is 10.7 Å². The van der Waals surface area contributed by atoms with Gasteiger partial charge in [0.2, 0.25) is 0 Å². The van der Waals surface area contributed by atoms with Crippen molar-refractivity contribution in [3.63, 3.8) is 0 Å². The van der Waals surface area contributed by atoms with Gasteiger partial charge in [-0.2, -0.15) is 0 Å². The van der Waals surface area contributed by atoms with Crippen molar-refractivity contribution < 1.29 is 25.1 Å². The molecule has 2 rings (SSSR count). The van der Waals surface area contributed by atoms with Crippen LogP contribution >= 0.6 is 0 Å². The maximum absolute atomic E-state index is 11.7. The number of quaternary nitrogens is 1. The molecule has 0 bridgehead atoms. The molecular weight excluding hydrogens is 228 g/mol. The molecule has 6 N–H and O–H groups in total. The van der Waals surface area contributed by atoms with Gasteiger partial charge in [-0.25, -0.2) is 9.69 Å². The van der Waals surface area contributed by atoms with Gasteiger partial charge in [0.05, 0.1) is 12.7 Å². The second-order valence-electron chi connectivity index (χ2n) is 4.25. The first kappa shape index (κ1) is 12.2. The van der Waals surface area contributed by atoms with Gasteiger partial charge >= 0.3 is 12.0 Å². The largest absolute Gasteiger partial charge is 0.394 e. The van der Waals surface area contributed by atoms with Gasteiger partial charge in [-0.1, -0.05) is 0 Å². The monoisotopic (exact) mass is 245 g/mol. The molecule has 0 aromatic heterocycles. The Bertz CT molecular complexity index is 348. The van der Waals surface area contributed by atoms with Crippen LogP contribution in [-0.2, 0) is 4.74 Å². The zero-order chi connectivity index (χ0) is 12.6. The normalized spacial score (nSPS) is 38.4. The van der Waals surface area contributed by atoms with E-state index in [0.717, 1.165) is 0 Å². The van der Waals surface area contributed by atoms with Crippen LogP contribution in [0.4, 0.5) is 4.79 Å². The van der Waals surface area contributed by atoms with Crippen molar-refractivity contribution in [3.8, 4) is 0 Å². The van der Waals surface area contributed by atoms with Crippen molar-refractivity contribution in [2.45, 2.75) is 37.9 Å². The quantitative estimate of drug-likeness (QED) is 0.416. The van der Waals surface area contributed by atoms with E-state index in [9.17, 15) is 9.90 Å². The highest BCUT2D eigenvalue weighted by atomic mass is 16.5. The number of amides is 2. The fourth-order valence-electron chi connectivity index (χ4n) is 2.14. The van der Waals surface area contributed by atoms with Crippen molar-refractivity contribution in [3.05, 3.63) is 0 Å². The van der Waals surface area contributed by atoms with Crippen molar-refractivity contribution in [2.75, 3.05) is 6.61 Å². The molecule has 2 aliphatic rings. The van der Waals surface area contributed by atoms with Crippen LogP contribution < -0.4 is 11.1 Å². The fraction of sp³-hybridized carbons (Fsp3) is 0.778. The third kappa shape index (κ3) is 2.25. The first-order valence-electron chi connectivity index (χ1n) is 5.48. The van der Waals surface area contributed by atoms with Gasteiger partial charge in [-0.15, -0.1) is 4.99 Å². The van der Waals surface area contributed by atoms with E-state index in [1.165, 1.54) is 4.90 Å². The zero-order valence-electron chi connectivity index (χ0n) is 9.48. The Hall–Kier alpha value is -1.22. The van der Waals surface area contributed by atoms with Crippen LogP contribution in [0.2, 0.25) is 0 Å². The number of carbonyl (C=O) groups excluding carboxylic acids is 1. The number of guanidine groups is 1. The molecule has 1 unspecified atom stereocenters. The zero-order valence-corrected chi connectivity index (χ0v) is 9.48. The molecule has 1 fully saturated rings. The Morgan fingerprint density at radius 2 is 2.41 bits per heavy atom. The smallest absolute Gasteiger partial charge is 0.356 e. The van der Waals surface area contributed by atoms with Crippen LogP contribution in [0.3, 0.4) is 0 Å². The number of aliphatic imine (C=N–C) groups is 1. The predicted octanol–water partition coefficient (Wildman–Crippen LogP) is -2.89. The summed E-state index contributed by atoms with van der Waals surface area (Å²) in [5.41, 5.74) is 5.47. The topological polar surface area (TPSA) is 125 Å². The molecule has 8 heteroatoms. The molecule has 0 radical (unpaired) electrons. The van der Waals surface area contributed by atoms with Crippen LogP contribution in [-0.4, -0.2) is 58.3 Å². The molecule has 0 aromatic carbocycles. The molecule has 17 heavy (non-hydrogen) atoms. The number of nitrogens with zero attached hydrogens (tertiary/aromatic N) is 2. The molecule has 2 amide bonds. The lowest BCUT2D eigenvalue weighted by Gasteiger charge is -2.32. The molecule has 0 aromatic rings. The average molecular weight is 245 g/mol. The number of hydrogen-bond acceptors (Lipinski definition) is 5. The minimum atomic E-state index is -0.770. The maximum Gasteiger partial charge on any atom is 0.356 e. The summed E-state index contributed by atoms with van der Waals surface area (Å²) in [6.07, 6.45) is -1.96. The fourth-order valence-corrected chi connectivity index (χ4v) is 2.14. The number of urea groups is 1. The Morgan fingerprint density at radius 3 is 2.94 bits per heavy atom. The lowest BCUT2D eigenvalue weighted by molar-refractivity contribution is -0.606. The summed E-state index contributed by atoms with van der Waals surface area (Å²) in [6, 6.07) is -0.478. The summed E-state index contributed by atoms with van der Waals surface area (Å²) >= 11 is 0. The molecule has 0 saturated carbocycles. The van der Waals surface area contributed by atoms with E-state index in [4.69, 9.17) is 15.6 Å². The molecule has 8 nitrogen and oxygen atoms in total. The highest BCUT2D eigenvalue weighted by Crippen LogP contribution is 2.24. The minimum Gasteiger partial charge on any atom is -0.394 e. The van der Waals surface area contributed by atoms with E-state index in [1.807, 2.05) is 0 Å². The van der Waals surface area contributed by atoms with Crippen LogP contribution in [0.1, 0.15) is 13.3 Å². The Balaban J connectivity index is 2.11. The Kier molecular flexibility index (Phi) is 3.29. The molecular formula is C9H17N4O4+. The molecule has 96 valence electrons. The Labute approximate surface area is 98.1 Å². The highest BCUT2D eigenvalue weighted by molar-refractivity contribution is 5.88. The number of hydrogen-bond donors (Lipinski definition) is 4. The summed E-state index contributed by atoms with van der Waals surface area (Å²) < 4.78 is 5.41. The molecule has 1 saturated heterocycles. The molecule has 2 aliphatic heterocycles. The van der Waals surface area contributed by atoms with Gasteiger partial charge in [-0.05, 0) is 0 Å². The van der Waals surface area contributed by atoms with E-state index < -0.39 is 24.5 Å². The van der Waals surface area contributed by atoms with Crippen LogP contribution in [0, 0.1) is 0 Å². The summed E-state index contributed by atoms with van der Waals surface area (Å²) in [7, 11) is 0. The van der Waals surface area contributed by atoms with E-state index in [-0.39, 0.29) is 25.2 Å². The van der Waals surface area contributed by atoms with Gasteiger partial charge in [0.15, 0.2) is 6.17 Å². The number of rotatable bonds is 2. The maximum atomic E-state index is 11.7. The molecule has 0 spiro atoms. The Morgan fingerprint density at radius 1 is 1.71 bits per heavy atom. The van der Waals surface area contributed by atoms with Crippen LogP contribution in [0.15, 0.2) is 4.99 Å². The first-order valence-corrected chi connectivity index (χ1v) is 5.48. The van der Waals surface area contributed by atoms with E-state index in [2.05, 4.69) is 4.99 Å². The van der Waals surface area contributed by atoms with Gasteiger partial charge in [0, 0.05) is 13.3 Å². The summed E-state index contributed by atoms with van der Waals surface area (Å²) in [5.74, 6) is 0.191. The first-order chi connectivity index (χ1) is 8.02. The molecule has 0 aliphatic carbocycles. The van der Waals surface area contributed by atoms with Crippen molar-refractivity contribution in [1.82, 2.24) is 4.90 Å². The lowest BCUT2D eigenvalue weighted by Crippen LogP contribution is -3.00. The second-order valence-corrected chi connectivity index (χ2v) is 4.25. The number of ether oxygens (including phenoxy) is 1. The highest BCUT2D eigenvalue weighted by Gasteiger charge is 2.43.